The van der Waals surface area contributed by atoms with Crippen LogP contribution in [0.15, 0.2) is 42.5 Å². The first-order chi connectivity index (χ1) is 12.6. The Hall–Kier alpha value is -3.02. The smallest absolute Gasteiger partial charge is 0.254 e. The standard InChI is InChI=1S/C20H18N2O4/c1-21-15-5-3-2-4-14(15)20(19(21)24)8-9-22(11-20)18(23)13-6-7-16-17(10-13)26-12-25-16/h2-7,10H,8-9,11-12H2,1H3. The number of nitrogens with zero attached hydrogens (tertiary/aromatic N) is 2. The molecule has 1 spiro atoms. The highest BCUT2D eigenvalue weighted by Gasteiger charge is 2.54. The second kappa shape index (κ2) is 5.24. The van der Waals surface area contributed by atoms with Crippen molar-refractivity contribution in [3.8, 4) is 11.5 Å². The minimum atomic E-state index is -0.628. The molecule has 6 heteroatoms. The van der Waals surface area contributed by atoms with Gasteiger partial charge >= 0.3 is 0 Å². The third-order valence-corrected chi connectivity index (χ3v) is 5.67. The fraction of sp³-hybridized carbons (Fsp3) is 0.300. The predicted octanol–water partition coefficient (Wildman–Crippen LogP) is 2.18. The molecule has 0 aromatic heterocycles. The Morgan fingerprint density at radius 1 is 1.12 bits per heavy atom. The van der Waals surface area contributed by atoms with E-state index in [1.807, 2.05) is 24.3 Å². The van der Waals surface area contributed by atoms with Crippen LogP contribution in [0.25, 0.3) is 0 Å². The number of ether oxygens (including phenoxy) is 2. The Labute approximate surface area is 150 Å². The molecule has 1 fully saturated rings. The van der Waals surface area contributed by atoms with Crippen molar-refractivity contribution >= 4 is 17.5 Å². The Bertz CT molecular complexity index is 941. The summed E-state index contributed by atoms with van der Waals surface area (Å²) in [5.74, 6) is 1.23. The maximum atomic E-state index is 13.0. The molecule has 6 nitrogen and oxygen atoms in total. The van der Waals surface area contributed by atoms with E-state index < -0.39 is 5.41 Å². The van der Waals surface area contributed by atoms with Crippen LogP contribution in [-0.4, -0.2) is 43.6 Å². The van der Waals surface area contributed by atoms with Gasteiger partial charge in [-0.2, -0.15) is 0 Å². The van der Waals surface area contributed by atoms with Crippen molar-refractivity contribution in [1.82, 2.24) is 4.90 Å². The van der Waals surface area contributed by atoms with Crippen molar-refractivity contribution in [3.63, 3.8) is 0 Å². The molecular formula is C20H18N2O4. The van der Waals surface area contributed by atoms with E-state index in [0.717, 1.165) is 11.3 Å². The quantitative estimate of drug-likeness (QED) is 0.791. The minimum Gasteiger partial charge on any atom is -0.454 e. The van der Waals surface area contributed by atoms with Gasteiger partial charge in [0.2, 0.25) is 12.7 Å². The number of carbonyl (C=O) groups is 2. The largest absolute Gasteiger partial charge is 0.454 e. The number of hydrogen-bond acceptors (Lipinski definition) is 4. The van der Waals surface area contributed by atoms with E-state index >= 15 is 0 Å². The molecule has 1 unspecified atom stereocenters. The first-order valence-electron chi connectivity index (χ1n) is 8.67. The van der Waals surface area contributed by atoms with Gasteiger partial charge in [0, 0.05) is 31.4 Å². The van der Waals surface area contributed by atoms with Crippen LogP contribution in [0.5, 0.6) is 11.5 Å². The topological polar surface area (TPSA) is 59.1 Å². The molecule has 0 N–H and O–H groups in total. The molecule has 3 aliphatic heterocycles. The van der Waals surface area contributed by atoms with Gasteiger partial charge in [-0.25, -0.2) is 0 Å². The Morgan fingerprint density at radius 2 is 1.92 bits per heavy atom. The van der Waals surface area contributed by atoms with E-state index in [1.165, 1.54) is 0 Å². The summed E-state index contributed by atoms with van der Waals surface area (Å²) in [5, 5.41) is 0. The molecular weight excluding hydrogens is 332 g/mol. The Kier molecular flexibility index (Phi) is 3.07. The summed E-state index contributed by atoms with van der Waals surface area (Å²) in [6.45, 7) is 1.14. The van der Waals surface area contributed by atoms with Crippen LogP contribution in [0, 0.1) is 0 Å². The van der Waals surface area contributed by atoms with Crippen molar-refractivity contribution in [2.75, 3.05) is 31.8 Å². The van der Waals surface area contributed by atoms with Gasteiger partial charge in [-0.3, -0.25) is 9.59 Å². The van der Waals surface area contributed by atoms with Gasteiger partial charge in [-0.1, -0.05) is 18.2 Å². The highest BCUT2D eigenvalue weighted by molar-refractivity contribution is 6.09. The van der Waals surface area contributed by atoms with Gasteiger partial charge in [0.25, 0.3) is 5.91 Å². The van der Waals surface area contributed by atoms with Gasteiger partial charge in [-0.15, -0.1) is 0 Å². The van der Waals surface area contributed by atoms with E-state index in [2.05, 4.69) is 0 Å². The first kappa shape index (κ1) is 15.3. The summed E-state index contributed by atoms with van der Waals surface area (Å²) in [7, 11) is 1.80. The highest BCUT2D eigenvalue weighted by Crippen LogP contribution is 2.47. The summed E-state index contributed by atoms with van der Waals surface area (Å²) >= 11 is 0. The van der Waals surface area contributed by atoms with Gasteiger partial charge in [0.1, 0.15) is 0 Å². The number of benzene rings is 2. The van der Waals surface area contributed by atoms with Gasteiger partial charge in [0.15, 0.2) is 11.5 Å². The third-order valence-electron chi connectivity index (χ3n) is 5.67. The summed E-state index contributed by atoms with van der Waals surface area (Å²) < 4.78 is 10.7. The Morgan fingerprint density at radius 3 is 2.81 bits per heavy atom. The lowest BCUT2D eigenvalue weighted by molar-refractivity contribution is -0.122. The zero-order chi connectivity index (χ0) is 17.9. The molecule has 0 radical (unpaired) electrons. The summed E-state index contributed by atoms with van der Waals surface area (Å²) in [6.07, 6.45) is 0.642. The van der Waals surface area contributed by atoms with Gasteiger partial charge < -0.3 is 19.3 Å². The van der Waals surface area contributed by atoms with E-state index in [-0.39, 0.29) is 18.6 Å². The molecule has 3 heterocycles. The van der Waals surface area contributed by atoms with E-state index in [4.69, 9.17) is 9.47 Å². The number of hydrogen-bond donors (Lipinski definition) is 0. The number of likely N-dealkylation sites (tertiary alicyclic amines) is 1. The van der Waals surface area contributed by atoms with Gasteiger partial charge in [-0.05, 0) is 36.2 Å². The van der Waals surface area contributed by atoms with Crippen molar-refractivity contribution in [2.24, 2.45) is 0 Å². The number of carbonyl (C=O) groups excluding carboxylic acids is 2. The van der Waals surface area contributed by atoms with Crippen LogP contribution in [0.4, 0.5) is 5.69 Å². The number of fused-ring (bicyclic) bond motifs is 3. The zero-order valence-electron chi connectivity index (χ0n) is 14.4. The molecule has 0 bridgehead atoms. The molecule has 0 saturated carbocycles. The lowest BCUT2D eigenvalue weighted by atomic mass is 9.81. The van der Waals surface area contributed by atoms with Crippen LogP contribution in [0.2, 0.25) is 0 Å². The number of anilines is 1. The lowest BCUT2D eigenvalue weighted by Gasteiger charge is -2.23. The molecule has 3 aliphatic rings. The number of likely N-dealkylation sites (N-methyl/N-ethyl adjacent to an activating group) is 1. The van der Waals surface area contributed by atoms with Crippen LogP contribution in [0.1, 0.15) is 22.3 Å². The van der Waals surface area contributed by atoms with Gasteiger partial charge in [0.05, 0.1) is 5.41 Å². The summed E-state index contributed by atoms with van der Waals surface area (Å²) in [6, 6.07) is 13.1. The fourth-order valence-corrected chi connectivity index (χ4v) is 4.31. The maximum absolute atomic E-state index is 13.0. The van der Waals surface area contributed by atoms with Crippen LogP contribution < -0.4 is 14.4 Å². The molecule has 2 amide bonds. The maximum Gasteiger partial charge on any atom is 0.254 e. The second-order valence-electron chi connectivity index (χ2n) is 7.01. The molecule has 26 heavy (non-hydrogen) atoms. The lowest BCUT2D eigenvalue weighted by Crippen LogP contribution is -2.42. The summed E-state index contributed by atoms with van der Waals surface area (Å²) in [4.78, 5) is 29.5. The summed E-state index contributed by atoms with van der Waals surface area (Å²) in [5.41, 5.74) is 1.89. The second-order valence-corrected chi connectivity index (χ2v) is 7.01. The number of rotatable bonds is 1. The highest BCUT2D eigenvalue weighted by atomic mass is 16.7. The van der Waals surface area contributed by atoms with Crippen LogP contribution >= 0.6 is 0 Å². The van der Waals surface area contributed by atoms with Crippen molar-refractivity contribution in [2.45, 2.75) is 11.8 Å². The van der Waals surface area contributed by atoms with Crippen LogP contribution in [0.3, 0.4) is 0 Å². The van der Waals surface area contributed by atoms with E-state index in [9.17, 15) is 9.59 Å². The number of para-hydroxylation sites is 1. The third kappa shape index (κ3) is 1.92. The molecule has 2 aromatic rings. The molecule has 0 aliphatic carbocycles. The zero-order valence-corrected chi connectivity index (χ0v) is 14.4. The number of amides is 2. The molecule has 5 rings (SSSR count). The minimum absolute atomic E-state index is 0.0692. The molecule has 1 atom stereocenters. The molecule has 1 saturated heterocycles. The Balaban J connectivity index is 1.46. The SMILES string of the molecule is CN1C(=O)C2(CCN(C(=O)c3ccc4c(c3)OCO4)C2)c2ccccc21. The van der Waals surface area contributed by atoms with Crippen molar-refractivity contribution in [3.05, 3.63) is 53.6 Å². The van der Waals surface area contributed by atoms with Crippen molar-refractivity contribution in [1.29, 1.82) is 0 Å². The normalized spacial score (nSPS) is 23.0. The first-order valence-corrected chi connectivity index (χ1v) is 8.67. The van der Waals surface area contributed by atoms with Crippen molar-refractivity contribution < 1.29 is 19.1 Å². The van der Waals surface area contributed by atoms with E-state index in [0.29, 0.717) is 36.6 Å². The average Bonchev–Trinajstić information content (AvgIpc) is 3.37. The predicted molar refractivity (Wildman–Crippen MR) is 94.6 cm³/mol. The average molecular weight is 350 g/mol. The molecule has 2 aromatic carbocycles. The molecule has 132 valence electrons. The van der Waals surface area contributed by atoms with Crippen LogP contribution in [-0.2, 0) is 10.2 Å². The monoisotopic (exact) mass is 350 g/mol. The fourth-order valence-electron chi connectivity index (χ4n) is 4.31. The van der Waals surface area contributed by atoms with E-state index in [1.54, 1.807) is 35.0 Å².